The Morgan fingerprint density at radius 1 is 1.16 bits per heavy atom. The largest absolute Gasteiger partial charge is 0.476 e. The monoisotopic (exact) mass is 341 g/mol. The Balaban J connectivity index is 1.82. The summed E-state index contributed by atoms with van der Waals surface area (Å²) in [5.41, 5.74) is 3.51. The van der Waals surface area contributed by atoms with Crippen LogP contribution < -0.4 is 0 Å². The first kappa shape index (κ1) is 17.2. The summed E-state index contributed by atoms with van der Waals surface area (Å²) in [7, 11) is 1.72. The predicted molar refractivity (Wildman–Crippen MR) is 93.8 cm³/mol. The van der Waals surface area contributed by atoms with E-state index in [-0.39, 0.29) is 17.0 Å². The maximum Gasteiger partial charge on any atom is 0.356 e. The van der Waals surface area contributed by atoms with Crippen LogP contribution >= 0.6 is 0 Å². The molecular weight excluding hydrogens is 318 g/mol. The lowest BCUT2D eigenvalue weighted by molar-refractivity contribution is 0.0688. The van der Waals surface area contributed by atoms with Gasteiger partial charge >= 0.3 is 5.97 Å². The maximum atomic E-state index is 12.8. The molecule has 132 valence electrons. The molecule has 0 bridgehead atoms. The van der Waals surface area contributed by atoms with Crippen LogP contribution in [0.2, 0.25) is 0 Å². The van der Waals surface area contributed by atoms with Gasteiger partial charge in [-0.3, -0.25) is 9.48 Å². The number of carbonyl (C=O) groups is 2. The van der Waals surface area contributed by atoms with Crippen LogP contribution in [-0.4, -0.2) is 38.2 Å². The highest BCUT2D eigenvalue weighted by atomic mass is 16.4. The lowest BCUT2D eigenvalue weighted by Gasteiger charge is -2.28. The Labute approximate surface area is 147 Å². The average molecular weight is 341 g/mol. The van der Waals surface area contributed by atoms with Crippen LogP contribution in [-0.2, 0) is 25.4 Å². The number of nitrogens with zero attached hydrogens (tertiary/aromatic N) is 3. The molecule has 0 radical (unpaired) electrons. The summed E-state index contributed by atoms with van der Waals surface area (Å²) in [4.78, 5) is 25.8. The Hall–Kier alpha value is -2.63. The van der Waals surface area contributed by atoms with E-state index in [0.717, 1.165) is 11.3 Å². The number of aromatic carboxylic acids is 1. The van der Waals surface area contributed by atoms with Crippen LogP contribution in [0.1, 0.15) is 58.4 Å². The van der Waals surface area contributed by atoms with Crippen LogP contribution in [0.15, 0.2) is 24.3 Å². The van der Waals surface area contributed by atoms with Gasteiger partial charge in [0.2, 0.25) is 0 Å². The Morgan fingerprint density at radius 2 is 1.80 bits per heavy atom. The molecule has 2 aromatic rings. The molecule has 0 saturated heterocycles. The number of hydrogen-bond acceptors (Lipinski definition) is 3. The predicted octanol–water partition coefficient (Wildman–Crippen LogP) is 2.61. The summed E-state index contributed by atoms with van der Waals surface area (Å²) in [5, 5.41) is 13.3. The lowest BCUT2D eigenvalue weighted by atomic mass is 9.86. The number of carbonyl (C=O) groups excluding carboxylic acids is 1. The topological polar surface area (TPSA) is 75.4 Å². The van der Waals surface area contributed by atoms with E-state index in [9.17, 15) is 14.7 Å². The van der Waals surface area contributed by atoms with Gasteiger partial charge < -0.3 is 10.0 Å². The summed E-state index contributed by atoms with van der Waals surface area (Å²) in [6.07, 6.45) is 0.511. The van der Waals surface area contributed by atoms with Crippen molar-refractivity contribution in [1.82, 2.24) is 14.7 Å². The molecule has 0 unspecified atom stereocenters. The van der Waals surface area contributed by atoms with Crippen molar-refractivity contribution in [3.63, 3.8) is 0 Å². The van der Waals surface area contributed by atoms with Crippen molar-refractivity contribution in [2.24, 2.45) is 7.05 Å². The van der Waals surface area contributed by atoms with Gasteiger partial charge in [-0.1, -0.05) is 32.9 Å². The van der Waals surface area contributed by atoms with Crippen LogP contribution in [0.5, 0.6) is 0 Å². The third kappa shape index (κ3) is 3.16. The van der Waals surface area contributed by atoms with Gasteiger partial charge in [0.25, 0.3) is 5.91 Å². The molecule has 1 aliphatic rings. The van der Waals surface area contributed by atoms with Crippen molar-refractivity contribution in [3.05, 3.63) is 52.3 Å². The number of amides is 1. The number of carboxylic acid groups (broad SMARTS) is 1. The standard InChI is InChI=1S/C19H23N3O3/c1-19(2,3)13-7-5-12(6-8-13)17(23)22-10-9-14-15(11-22)21(4)20-16(14)18(24)25/h5-8H,9-11H2,1-4H3,(H,24,25). The van der Waals surface area contributed by atoms with Crippen molar-refractivity contribution in [3.8, 4) is 0 Å². The molecule has 25 heavy (non-hydrogen) atoms. The van der Waals surface area contributed by atoms with Gasteiger partial charge in [-0.2, -0.15) is 5.10 Å². The molecule has 1 aliphatic heterocycles. The molecular formula is C19H23N3O3. The maximum absolute atomic E-state index is 12.8. The first-order valence-electron chi connectivity index (χ1n) is 8.36. The third-order valence-corrected chi connectivity index (χ3v) is 4.73. The van der Waals surface area contributed by atoms with E-state index >= 15 is 0 Å². The van der Waals surface area contributed by atoms with E-state index in [0.29, 0.717) is 25.1 Å². The summed E-state index contributed by atoms with van der Waals surface area (Å²) >= 11 is 0. The minimum Gasteiger partial charge on any atom is -0.476 e. The molecule has 6 nitrogen and oxygen atoms in total. The number of carboxylic acids is 1. The molecule has 6 heteroatoms. The first-order chi connectivity index (χ1) is 11.7. The SMILES string of the molecule is Cn1nc(C(=O)O)c2c1CN(C(=O)c1ccc(C(C)(C)C)cc1)CC2. The van der Waals surface area contributed by atoms with Gasteiger partial charge in [-0.15, -0.1) is 0 Å². The van der Waals surface area contributed by atoms with E-state index in [4.69, 9.17) is 0 Å². The van der Waals surface area contributed by atoms with E-state index in [2.05, 4.69) is 25.9 Å². The first-order valence-corrected chi connectivity index (χ1v) is 8.36. The molecule has 0 fully saturated rings. The number of rotatable bonds is 2. The summed E-state index contributed by atoms with van der Waals surface area (Å²) in [6, 6.07) is 7.72. The number of benzene rings is 1. The second-order valence-electron chi connectivity index (χ2n) is 7.51. The average Bonchev–Trinajstić information content (AvgIpc) is 2.90. The molecule has 0 aliphatic carbocycles. The fraction of sp³-hybridized carbons (Fsp3) is 0.421. The quantitative estimate of drug-likeness (QED) is 0.911. The van der Waals surface area contributed by atoms with Crippen LogP contribution in [0.25, 0.3) is 0 Å². The molecule has 0 spiro atoms. The van der Waals surface area contributed by atoms with Gasteiger partial charge in [-0.25, -0.2) is 4.79 Å². The second-order valence-corrected chi connectivity index (χ2v) is 7.51. The Kier molecular flexibility index (Phi) is 4.14. The lowest BCUT2D eigenvalue weighted by Crippen LogP contribution is -2.36. The van der Waals surface area contributed by atoms with Crippen molar-refractivity contribution in [2.75, 3.05) is 6.54 Å². The number of aromatic nitrogens is 2. The molecule has 1 N–H and O–H groups in total. The molecule has 0 saturated carbocycles. The molecule has 1 aromatic heterocycles. The molecule has 3 rings (SSSR count). The summed E-state index contributed by atoms with van der Waals surface area (Å²) in [6.45, 7) is 7.29. The number of fused-ring (bicyclic) bond motifs is 1. The zero-order valence-corrected chi connectivity index (χ0v) is 15.0. The second kappa shape index (κ2) is 6.02. The number of hydrogen-bond donors (Lipinski definition) is 1. The number of aryl methyl sites for hydroxylation is 1. The highest BCUT2D eigenvalue weighted by Gasteiger charge is 2.29. The highest BCUT2D eigenvalue weighted by Crippen LogP contribution is 2.25. The Bertz CT molecular complexity index is 829. The van der Waals surface area contributed by atoms with Gasteiger partial charge in [0, 0.05) is 24.7 Å². The van der Waals surface area contributed by atoms with Crippen molar-refractivity contribution in [2.45, 2.75) is 39.2 Å². The zero-order valence-electron chi connectivity index (χ0n) is 15.0. The van der Waals surface area contributed by atoms with E-state index in [1.165, 1.54) is 5.56 Å². The van der Waals surface area contributed by atoms with Crippen LogP contribution in [0.3, 0.4) is 0 Å². The van der Waals surface area contributed by atoms with Crippen molar-refractivity contribution in [1.29, 1.82) is 0 Å². The highest BCUT2D eigenvalue weighted by molar-refractivity contribution is 5.94. The van der Waals surface area contributed by atoms with E-state index < -0.39 is 5.97 Å². The van der Waals surface area contributed by atoms with E-state index in [1.807, 2.05) is 24.3 Å². The van der Waals surface area contributed by atoms with Gasteiger partial charge in [0.05, 0.1) is 12.2 Å². The molecule has 1 amide bonds. The Morgan fingerprint density at radius 3 is 2.36 bits per heavy atom. The minimum atomic E-state index is -1.02. The van der Waals surface area contributed by atoms with Crippen molar-refractivity contribution < 1.29 is 14.7 Å². The molecule has 2 heterocycles. The van der Waals surface area contributed by atoms with Gasteiger partial charge in [0.1, 0.15) is 0 Å². The molecule has 0 atom stereocenters. The summed E-state index contributed by atoms with van der Waals surface area (Å²) in [5.74, 6) is -1.06. The minimum absolute atomic E-state index is 0.0378. The van der Waals surface area contributed by atoms with Crippen molar-refractivity contribution >= 4 is 11.9 Å². The fourth-order valence-electron chi connectivity index (χ4n) is 3.21. The normalized spacial score (nSPS) is 14.3. The van der Waals surface area contributed by atoms with Gasteiger partial charge in [-0.05, 0) is 29.5 Å². The molecule has 1 aromatic carbocycles. The van der Waals surface area contributed by atoms with E-state index in [1.54, 1.807) is 16.6 Å². The zero-order chi connectivity index (χ0) is 18.4. The third-order valence-electron chi connectivity index (χ3n) is 4.73. The smallest absolute Gasteiger partial charge is 0.356 e. The van der Waals surface area contributed by atoms with Gasteiger partial charge in [0.15, 0.2) is 5.69 Å². The van der Waals surface area contributed by atoms with Crippen LogP contribution in [0, 0.1) is 0 Å². The fourth-order valence-corrected chi connectivity index (χ4v) is 3.21. The summed E-state index contributed by atoms with van der Waals surface area (Å²) < 4.78 is 1.57. The van der Waals surface area contributed by atoms with Crippen LogP contribution in [0.4, 0.5) is 0 Å².